The summed E-state index contributed by atoms with van der Waals surface area (Å²) in [6.45, 7) is 12.1. The van der Waals surface area contributed by atoms with Crippen LogP contribution >= 0.6 is 11.6 Å². The Hall–Kier alpha value is -3.66. The Morgan fingerprint density at radius 2 is 1.67 bits per heavy atom. The first-order valence-corrected chi connectivity index (χ1v) is 14.1. The molecule has 0 radical (unpaired) electrons. The molecule has 0 unspecified atom stereocenters. The van der Waals surface area contributed by atoms with E-state index in [-0.39, 0.29) is 5.91 Å². The summed E-state index contributed by atoms with van der Waals surface area (Å²) < 4.78 is 0. The predicted molar refractivity (Wildman–Crippen MR) is 164 cm³/mol. The molecule has 204 valence electrons. The van der Waals surface area contributed by atoms with Crippen molar-refractivity contribution in [2.75, 3.05) is 45.1 Å². The number of hydrogen-bond acceptors (Lipinski definition) is 5. The average Bonchev–Trinajstić information content (AvgIpc) is 2.99. The molecule has 1 fully saturated rings. The van der Waals surface area contributed by atoms with Gasteiger partial charge < -0.3 is 15.1 Å². The number of likely N-dealkylation sites (N-methyl/N-ethyl adjacent to an activating group) is 1. The van der Waals surface area contributed by atoms with Gasteiger partial charge in [0, 0.05) is 49.9 Å². The van der Waals surface area contributed by atoms with E-state index in [4.69, 9.17) is 11.6 Å². The van der Waals surface area contributed by atoms with Gasteiger partial charge in [-0.1, -0.05) is 63.6 Å². The Labute approximate surface area is 237 Å². The zero-order valence-corrected chi connectivity index (χ0v) is 24.3. The van der Waals surface area contributed by atoms with Crippen molar-refractivity contribution in [1.29, 1.82) is 5.26 Å². The number of piperazine rings is 1. The van der Waals surface area contributed by atoms with Crippen LogP contribution in [-0.4, -0.2) is 60.5 Å². The van der Waals surface area contributed by atoms with Gasteiger partial charge in [0.2, 0.25) is 0 Å². The molecule has 6 nitrogen and oxygen atoms in total. The SMILES string of the molecule is CC.CC.CN1CCN(C(=O)c2ccc3cc(CCNc4c(Cl)cnc5ccc(C#N)cc45)ccc3c2)CC1. The normalized spacial score (nSPS) is 13.1. The van der Waals surface area contributed by atoms with E-state index in [1.54, 1.807) is 12.3 Å². The molecular formula is C32H38ClN5O. The minimum absolute atomic E-state index is 0.106. The molecule has 5 rings (SSSR count). The minimum atomic E-state index is 0.106. The maximum atomic E-state index is 12.9. The predicted octanol–water partition coefficient (Wildman–Crippen LogP) is 7.01. The summed E-state index contributed by atoms with van der Waals surface area (Å²) in [7, 11) is 2.09. The molecule has 0 aliphatic carbocycles. The monoisotopic (exact) mass is 543 g/mol. The summed E-state index contributed by atoms with van der Waals surface area (Å²) in [6, 6.07) is 19.9. The van der Waals surface area contributed by atoms with Crippen LogP contribution in [0.5, 0.6) is 0 Å². The number of pyridine rings is 1. The van der Waals surface area contributed by atoms with Crippen molar-refractivity contribution in [2.24, 2.45) is 0 Å². The van der Waals surface area contributed by atoms with Gasteiger partial charge in [0.25, 0.3) is 5.91 Å². The highest BCUT2D eigenvalue weighted by atomic mass is 35.5. The maximum absolute atomic E-state index is 12.9. The summed E-state index contributed by atoms with van der Waals surface area (Å²) in [5.41, 5.74) is 4.09. The molecular weight excluding hydrogens is 506 g/mol. The fraction of sp³-hybridized carbons (Fsp3) is 0.344. The van der Waals surface area contributed by atoms with E-state index < -0.39 is 0 Å². The maximum Gasteiger partial charge on any atom is 0.253 e. The van der Waals surface area contributed by atoms with Crippen LogP contribution in [-0.2, 0) is 6.42 Å². The summed E-state index contributed by atoms with van der Waals surface area (Å²) in [4.78, 5) is 21.5. The second-order valence-corrected chi connectivity index (χ2v) is 9.40. The zero-order valence-electron chi connectivity index (χ0n) is 23.6. The Kier molecular flexibility index (Phi) is 11.1. The number of amides is 1. The fourth-order valence-corrected chi connectivity index (χ4v) is 4.74. The summed E-state index contributed by atoms with van der Waals surface area (Å²) in [5, 5.41) is 16.2. The van der Waals surface area contributed by atoms with Crippen LogP contribution < -0.4 is 5.32 Å². The molecule has 7 heteroatoms. The number of carbonyl (C=O) groups excluding carboxylic acids is 1. The lowest BCUT2D eigenvalue weighted by molar-refractivity contribution is 0.0664. The van der Waals surface area contributed by atoms with E-state index in [1.807, 2.05) is 62.9 Å². The van der Waals surface area contributed by atoms with Crippen LogP contribution in [0.25, 0.3) is 21.7 Å². The van der Waals surface area contributed by atoms with Crippen LogP contribution in [0, 0.1) is 11.3 Å². The van der Waals surface area contributed by atoms with Gasteiger partial charge in [-0.25, -0.2) is 0 Å². The largest absolute Gasteiger partial charge is 0.383 e. The van der Waals surface area contributed by atoms with Crippen molar-refractivity contribution in [3.8, 4) is 6.07 Å². The van der Waals surface area contributed by atoms with Gasteiger partial charge in [-0.05, 0) is 60.1 Å². The molecule has 3 aromatic carbocycles. The van der Waals surface area contributed by atoms with Crippen molar-refractivity contribution >= 4 is 44.9 Å². The lowest BCUT2D eigenvalue weighted by Crippen LogP contribution is -2.47. The van der Waals surface area contributed by atoms with Gasteiger partial charge in [-0.15, -0.1) is 0 Å². The van der Waals surface area contributed by atoms with Crippen molar-refractivity contribution in [3.05, 3.63) is 82.5 Å². The van der Waals surface area contributed by atoms with E-state index in [0.29, 0.717) is 17.1 Å². The number of nitrogens with one attached hydrogen (secondary N) is 1. The highest BCUT2D eigenvalue weighted by Gasteiger charge is 2.20. The van der Waals surface area contributed by atoms with Crippen LogP contribution in [0.1, 0.15) is 49.2 Å². The number of carbonyl (C=O) groups is 1. The number of nitriles is 1. The van der Waals surface area contributed by atoms with Gasteiger partial charge in [0.05, 0.1) is 27.9 Å². The molecule has 1 aromatic heterocycles. The molecule has 4 aromatic rings. The smallest absolute Gasteiger partial charge is 0.253 e. The van der Waals surface area contributed by atoms with E-state index in [0.717, 1.165) is 65.5 Å². The van der Waals surface area contributed by atoms with Crippen LogP contribution in [0.2, 0.25) is 5.02 Å². The van der Waals surface area contributed by atoms with Gasteiger partial charge >= 0.3 is 0 Å². The van der Waals surface area contributed by atoms with E-state index >= 15 is 0 Å². The molecule has 0 spiro atoms. The summed E-state index contributed by atoms with van der Waals surface area (Å²) >= 11 is 6.42. The molecule has 39 heavy (non-hydrogen) atoms. The Bertz CT molecular complexity index is 1450. The van der Waals surface area contributed by atoms with Gasteiger partial charge in [0.1, 0.15) is 0 Å². The standard InChI is InChI=1S/C28H26ClN5O.2C2H6/c1-33-10-12-34(13-11-33)28(35)23-6-5-21-14-19(2-4-22(21)16-23)8-9-31-27-24-15-20(17-30)3-7-26(24)32-18-25(27)29;2*1-2/h2-7,14-16,18H,8-13H2,1H3,(H,31,32);2*1-2H3. The van der Waals surface area contributed by atoms with Crippen LogP contribution in [0.4, 0.5) is 5.69 Å². The third-order valence-electron chi connectivity index (χ3n) is 6.61. The van der Waals surface area contributed by atoms with Crippen molar-refractivity contribution in [1.82, 2.24) is 14.8 Å². The van der Waals surface area contributed by atoms with Crippen LogP contribution in [0.3, 0.4) is 0 Å². The third-order valence-corrected chi connectivity index (χ3v) is 6.89. The topological polar surface area (TPSA) is 72.3 Å². The number of benzene rings is 3. The lowest BCUT2D eigenvalue weighted by Gasteiger charge is -2.32. The molecule has 1 aliphatic heterocycles. The molecule has 0 saturated carbocycles. The van der Waals surface area contributed by atoms with E-state index in [2.05, 4.69) is 46.5 Å². The lowest BCUT2D eigenvalue weighted by atomic mass is 10.0. The van der Waals surface area contributed by atoms with E-state index in [1.165, 1.54) is 5.56 Å². The number of aromatic nitrogens is 1. The quantitative estimate of drug-likeness (QED) is 0.293. The minimum Gasteiger partial charge on any atom is -0.383 e. The Balaban J connectivity index is 0.00000100. The van der Waals surface area contributed by atoms with Crippen molar-refractivity contribution in [2.45, 2.75) is 34.1 Å². The van der Waals surface area contributed by atoms with Crippen LogP contribution in [0.15, 0.2) is 60.8 Å². The first-order valence-electron chi connectivity index (χ1n) is 13.7. The second kappa shape index (κ2) is 14.5. The number of nitrogens with zero attached hydrogens (tertiary/aromatic N) is 4. The van der Waals surface area contributed by atoms with Crippen molar-refractivity contribution in [3.63, 3.8) is 0 Å². The number of anilines is 1. The average molecular weight is 544 g/mol. The summed E-state index contributed by atoms with van der Waals surface area (Å²) in [6.07, 6.45) is 2.44. The number of fused-ring (bicyclic) bond motifs is 2. The highest BCUT2D eigenvalue weighted by Crippen LogP contribution is 2.30. The third kappa shape index (κ3) is 7.26. The molecule has 1 amide bonds. The fourth-order valence-electron chi connectivity index (χ4n) is 4.53. The Morgan fingerprint density at radius 3 is 2.38 bits per heavy atom. The molecule has 2 heterocycles. The van der Waals surface area contributed by atoms with E-state index in [9.17, 15) is 10.1 Å². The molecule has 0 bridgehead atoms. The Morgan fingerprint density at radius 1 is 0.974 bits per heavy atom. The number of rotatable bonds is 5. The van der Waals surface area contributed by atoms with Gasteiger partial charge in [0.15, 0.2) is 0 Å². The highest BCUT2D eigenvalue weighted by molar-refractivity contribution is 6.34. The number of halogens is 1. The molecule has 1 saturated heterocycles. The molecule has 0 atom stereocenters. The molecule has 1 aliphatic rings. The zero-order chi connectivity index (χ0) is 28.4. The summed E-state index contributed by atoms with van der Waals surface area (Å²) in [5.74, 6) is 0.106. The second-order valence-electron chi connectivity index (χ2n) is 8.99. The van der Waals surface area contributed by atoms with Gasteiger partial charge in [-0.2, -0.15) is 5.26 Å². The first-order chi connectivity index (χ1) is 19.0. The molecule has 1 N–H and O–H groups in total. The van der Waals surface area contributed by atoms with Gasteiger partial charge in [-0.3, -0.25) is 9.78 Å². The first kappa shape index (κ1) is 29.9. The van der Waals surface area contributed by atoms with Crippen molar-refractivity contribution < 1.29 is 4.79 Å². The number of hydrogen-bond donors (Lipinski definition) is 1.